The fourth-order valence-corrected chi connectivity index (χ4v) is 2.66. The Balaban J connectivity index is 1.73. The first kappa shape index (κ1) is 21.6. The molecule has 7 heteroatoms. The van der Waals surface area contributed by atoms with Crippen molar-refractivity contribution in [3.63, 3.8) is 0 Å². The van der Waals surface area contributed by atoms with Crippen molar-refractivity contribution in [3.05, 3.63) is 72.4 Å². The highest BCUT2D eigenvalue weighted by Gasteiger charge is 2.03. The Morgan fingerprint density at radius 3 is 2.82 bits per heavy atom. The molecular formula is C21H26N2O4S. The van der Waals surface area contributed by atoms with Gasteiger partial charge in [0.05, 0.1) is 32.3 Å². The number of hydrogen-bond donors (Lipinski definition) is 0. The molecule has 0 unspecified atom stereocenters. The second-order valence-corrected chi connectivity index (χ2v) is 6.67. The number of nitrogens with zero attached hydrogens (tertiary/aromatic N) is 2. The SMILES string of the molecule is CCCOC(/C=C/OC)=C/C=C/c1nnc(CSCCOc2ccccc2)o1. The molecule has 0 atom stereocenters. The number of allylic oxidation sites excluding steroid dienone is 3. The number of benzene rings is 1. The number of methoxy groups -OCH3 is 1. The Hall–Kier alpha value is -2.67. The summed E-state index contributed by atoms with van der Waals surface area (Å²) in [4.78, 5) is 0. The van der Waals surface area contributed by atoms with Crippen molar-refractivity contribution in [1.29, 1.82) is 0 Å². The summed E-state index contributed by atoms with van der Waals surface area (Å²) < 4.78 is 21.8. The van der Waals surface area contributed by atoms with Gasteiger partial charge in [-0.15, -0.1) is 22.0 Å². The van der Waals surface area contributed by atoms with Crippen molar-refractivity contribution in [1.82, 2.24) is 10.2 Å². The van der Waals surface area contributed by atoms with Gasteiger partial charge in [-0.05, 0) is 24.6 Å². The zero-order valence-corrected chi connectivity index (χ0v) is 17.1. The molecule has 0 spiro atoms. The van der Waals surface area contributed by atoms with Gasteiger partial charge in [-0.2, -0.15) is 0 Å². The maximum Gasteiger partial charge on any atom is 0.240 e. The van der Waals surface area contributed by atoms with Gasteiger partial charge in [0.2, 0.25) is 11.8 Å². The summed E-state index contributed by atoms with van der Waals surface area (Å²) in [6.07, 6.45) is 9.64. The average molecular weight is 403 g/mol. The molecule has 0 bridgehead atoms. The Kier molecular flexibility index (Phi) is 10.4. The topological polar surface area (TPSA) is 66.6 Å². The number of para-hydroxylation sites is 1. The van der Waals surface area contributed by atoms with Crippen LogP contribution in [0, 0.1) is 0 Å². The first-order valence-electron chi connectivity index (χ1n) is 9.10. The molecule has 0 amide bonds. The molecule has 2 rings (SSSR count). The monoisotopic (exact) mass is 402 g/mol. The Labute approximate surface area is 170 Å². The number of hydrogen-bond acceptors (Lipinski definition) is 7. The Morgan fingerprint density at radius 1 is 1.18 bits per heavy atom. The van der Waals surface area contributed by atoms with Crippen LogP contribution in [0.1, 0.15) is 25.1 Å². The van der Waals surface area contributed by atoms with E-state index in [9.17, 15) is 0 Å². The van der Waals surface area contributed by atoms with Gasteiger partial charge in [0.1, 0.15) is 11.5 Å². The van der Waals surface area contributed by atoms with E-state index in [1.165, 1.54) is 0 Å². The van der Waals surface area contributed by atoms with Crippen molar-refractivity contribution >= 4 is 17.8 Å². The standard InChI is InChI=1S/C21H26N2O4S/c1-3-13-25-19(12-14-24-2)10-7-11-20-22-23-21(27-20)17-28-16-15-26-18-8-5-4-6-9-18/h4-12,14H,3,13,15-17H2,1-2H3/b11-7+,14-12+,19-10+. The second-order valence-electron chi connectivity index (χ2n) is 5.56. The van der Waals surface area contributed by atoms with Crippen LogP contribution in [0.15, 0.2) is 65.0 Å². The molecule has 0 radical (unpaired) electrons. The van der Waals surface area contributed by atoms with Gasteiger partial charge >= 0.3 is 0 Å². The zero-order valence-electron chi connectivity index (χ0n) is 16.2. The quantitative estimate of drug-likeness (QED) is 0.269. The smallest absolute Gasteiger partial charge is 0.240 e. The second kappa shape index (κ2) is 13.5. The van der Waals surface area contributed by atoms with Crippen molar-refractivity contribution in [3.8, 4) is 5.75 Å². The molecule has 0 saturated carbocycles. The van der Waals surface area contributed by atoms with Crippen molar-refractivity contribution in [2.75, 3.05) is 26.1 Å². The molecule has 1 aromatic heterocycles. The maximum atomic E-state index is 5.65. The third kappa shape index (κ3) is 8.81. The lowest BCUT2D eigenvalue weighted by atomic mass is 10.3. The van der Waals surface area contributed by atoms with Crippen LogP contribution in [0.2, 0.25) is 0 Å². The minimum absolute atomic E-state index is 0.456. The summed E-state index contributed by atoms with van der Waals surface area (Å²) in [5.41, 5.74) is 0. The van der Waals surface area contributed by atoms with Crippen LogP contribution in [0.5, 0.6) is 5.75 Å². The fourth-order valence-electron chi connectivity index (χ4n) is 2.02. The minimum Gasteiger partial charge on any atom is -0.504 e. The third-order valence-corrected chi connectivity index (χ3v) is 4.19. The van der Waals surface area contributed by atoms with Gasteiger partial charge < -0.3 is 18.6 Å². The molecule has 0 aliphatic heterocycles. The lowest BCUT2D eigenvalue weighted by Crippen LogP contribution is -2.00. The molecule has 0 saturated heterocycles. The van der Waals surface area contributed by atoms with Crippen LogP contribution in [0.3, 0.4) is 0 Å². The van der Waals surface area contributed by atoms with Crippen molar-refractivity contribution in [2.45, 2.75) is 19.1 Å². The number of thioether (sulfide) groups is 1. The van der Waals surface area contributed by atoms with E-state index < -0.39 is 0 Å². The molecule has 28 heavy (non-hydrogen) atoms. The maximum absolute atomic E-state index is 5.65. The van der Waals surface area contributed by atoms with E-state index >= 15 is 0 Å². The predicted octanol–water partition coefficient (Wildman–Crippen LogP) is 4.87. The molecule has 0 aliphatic rings. The lowest BCUT2D eigenvalue weighted by molar-refractivity contribution is 0.222. The van der Waals surface area contributed by atoms with Gasteiger partial charge in [0.25, 0.3) is 0 Å². The summed E-state index contributed by atoms with van der Waals surface area (Å²) >= 11 is 1.69. The van der Waals surface area contributed by atoms with Gasteiger partial charge in [0.15, 0.2) is 0 Å². The number of ether oxygens (including phenoxy) is 3. The molecule has 1 aromatic carbocycles. The van der Waals surface area contributed by atoms with E-state index in [4.69, 9.17) is 18.6 Å². The highest BCUT2D eigenvalue weighted by Crippen LogP contribution is 2.13. The highest BCUT2D eigenvalue weighted by atomic mass is 32.2. The van der Waals surface area contributed by atoms with Gasteiger partial charge in [0, 0.05) is 17.9 Å². The summed E-state index contributed by atoms with van der Waals surface area (Å²) in [6, 6.07) is 9.77. The minimum atomic E-state index is 0.456. The van der Waals surface area contributed by atoms with Crippen LogP contribution >= 0.6 is 11.8 Å². The summed E-state index contributed by atoms with van der Waals surface area (Å²) in [5.74, 6) is 4.12. The van der Waals surface area contributed by atoms with E-state index in [0.29, 0.717) is 36.5 Å². The predicted molar refractivity (Wildman–Crippen MR) is 112 cm³/mol. The van der Waals surface area contributed by atoms with Crippen LogP contribution in [0.4, 0.5) is 0 Å². The molecule has 0 N–H and O–H groups in total. The van der Waals surface area contributed by atoms with E-state index in [2.05, 4.69) is 17.1 Å². The lowest BCUT2D eigenvalue weighted by Gasteiger charge is -2.04. The zero-order chi connectivity index (χ0) is 19.9. The highest BCUT2D eigenvalue weighted by molar-refractivity contribution is 7.98. The molecular weight excluding hydrogens is 376 g/mol. The average Bonchev–Trinajstić information content (AvgIpc) is 3.17. The molecule has 0 fully saturated rings. The van der Waals surface area contributed by atoms with E-state index in [0.717, 1.165) is 17.9 Å². The van der Waals surface area contributed by atoms with E-state index in [1.807, 2.05) is 42.5 Å². The number of aromatic nitrogens is 2. The molecule has 6 nitrogen and oxygen atoms in total. The van der Waals surface area contributed by atoms with Gasteiger partial charge in [-0.1, -0.05) is 31.2 Å². The molecule has 150 valence electrons. The van der Waals surface area contributed by atoms with Crippen molar-refractivity contribution < 1.29 is 18.6 Å². The van der Waals surface area contributed by atoms with Crippen LogP contribution in [-0.4, -0.2) is 36.3 Å². The third-order valence-electron chi connectivity index (χ3n) is 3.29. The normalized spacial score (nSPS) is 12.0. The summed E-state index contributed by atoms with van der Waals surface area (Å²) in [5, 5.41) is 8.08. The Morgan fingerprint density at radius 2 is 2.04 bits per heavy atom. The van der Waals surface area contributed by atoms with Gasteiger partial charge in [-0.25, -0.2) is 0 Å². The first-order valence-corrected chi connectivity index (χ1v) is 10.3. The number of rotatable bonds is 13. The van der Waals surface area contributed by atoms with Crippen LogP contribution < -0.4 is 4.74 Å². The van der Waals surface area contributed by atoms with Gasteiger partial charge in [-0.3, -0.25) is 0 Å². The first-order chi connectivity index (χ1) is 13.8. The summed E-state index contributed by atoms with van der Waals surface area (Å²) in [6.45, 7) is 3.33. The van der Waals surface area contributed by atoms with Crippen molar-refractivity contribution in [2.24, 2.45) is 0 Å². The summed E-state index contributed by atoms with van der Waals surface area (Å²) in [7, 11) is 1.59. The molecule has 1 heterocycles. The van der Waals surface area contributed by atoms with Crippen LogP contribution in [0.25, 0.3) is 6.08 Å². The molecule has 2 aromatic rings. The largest absolute Gasteiger partial charge is 0.504 e. The fraction of sp³-hybridized carbons (Fsp3) is 0.333. The Bertz CT molecular complexity index is 757. The van der Waals surface area contributed by atoms with E-state index in [-0.39, 0.29) is 0 Å². The van der Waals surface area contributed by atoms with E-state index in [1.54, 1.807) is 37.3 Å². The molecule has 0 aliphatic carbocycles. The van der Waals surface area contributed by atoms with Crippen LogP contribution in [-0.2, 0) is 15.2 Å².